The van der Waals surface area contributed by atoms with Crippen LogP contribution >= 0.6 is 11.8 Å². The van der Waals surface area contributed by atoms with Gasteiger partial charge in [0.1, 0.15) is 0 Å². The molecular weight excluding hydrogens is 320 g/mol. The van der Waals surface area contributed by atoms with Gasteiger partial charge in [0.15, 0.2) is 0 Å². The molecule has 0 aliphatic rings. The zero-order valence-electron chi connectivity index (χ0n) is 13.0. The van der Waals surface area contributed by atoms with Crippen LogP contribution in [0.15, 0.2) is 29.2 Å². The molecule has 0 aliphatic heterocycles. The van der Waals surface area contributed by atoms with Gasteiger partial charge < -0.3 is 10.4 Å². The molecule has 0 fully saturated rings. The van der Waals surface area contributed by atoms with Crippen molar-refractivity contribution < 1.29 is 19.6 Å². The number of nitrogens with one attached hydrogen (secondary N) is 1. The molecule has 8 heteroatoms. The maximum atomic E-state index is 12.0. The number of hydrogen-bond donors (Lipinski definition) is 2. The van der Waals surface area contributed by atoms with Gasteiger partial charge in [-0.15, -0.1) is 11.8 Å². The maximum Gasteiger partial charge on any atom is 0.308 e. The van der Waals surface area contributed by atoms with Gasteiger partial charge in [-0.25, -0.2) is 0 Å². The molecule has 7 nitrogen and oxygen atoms in total. The summed E-state index contributed by atoms with van der Waals surface area (Å²) in [6.07, 6.45) is 1.25. The van der Waals surface area contributed by atoms with E-state index in [0.717, 1.165) is 11.3 Å². The number of carboxylic acid groups (broad SMARTS) is 1. The highest BCUT2D eigenvalue weighted by atomic mass is 32.2. The SMILES string of the molecule is CCCC(CNC(=O)C(C)Sc1ccc([N+](=O)[O-])cc1)C(=O)O. The molecule has 1 aromatic rings. The van der Waals surface area contributed by atoms with Crippen molar-refractivity contribution in [1.82, 2.24) is 5.32 Å². The quantitative estimate of drug-likeness (QED) is 0.406. The van der Waals surface area contributed by atoms with E-state index >= 15 is 0 Å². The molecule has 2 unspecified atom stereocenters. The fourth-order valence-corrected chi connectivity index (χ4v) is 2.82. The van der Waals surface area contributed by atoms with Crippen LogP contribution in [0.1, 0.15) is 26.7 Å². The van der Waals surface area contributed by atoms with E-state index in [-0.39, 0.29) is 18.1 Å². The third-order valence-electron chi connectivity index (χ3n) is 3.24. The van der Waals surface area contributed by atoms with E-state index < -0.39 is 22.1 Å². The predicted molar refractivity (Wildman–Crippen MR) is 87.5 cm³/mol. The van der Waals surface area contributed by atoms with E-state index in [0.29, 0.717) is 6.42 Å². The third-order valence-corrected chi connectivity index (χ3v) is 4.35. The van der Waals surface area contributed by atoms with Crippen LogP contribution in [0.5, 0.6) is 0 Å². The highest BCUT2D eigenvalue weighted by Crippen LogP contribution is 2.25. The summed E-state index contributed by atoms with van der Waals surface area (Å²) in [4.78, 5) is 33.9. The fraction of sp³-hybridized carbons (Fsp3) is 0.467. The third kappa shape index (κ3) is 6.27. The minimum atomic E-state index is -0.914. The summed E-state index contributed by atoms with van der Waals surface area (Å²) in [7, 11) is 0. The Bertz CT molecular complexity index is 561. The zero-order chi connectivity index (χ0) is 17.4. The summed E-state index contributed by atoms with van der Waals surface area (Å²) in [5.74, 6) is -1.75. The predicted octanol–water partition coefficient (Wildman–Crippen LogP) is 2.69. The highest BCUT2D eigenvalue weighted by Gasteiger charge is 2.20. The summed E-state index contributed by atoms with van der Waals surface area (Å²) in [6.45, 7) is 3.70. The van der Waals surface area contributed by atoms with Crippen molar-refractivity contribution in [3.63, 3.8) is 0 Å². The molecule has 0 saturated heterocycles. The molecule has 0 radical (unpaired) electrons. The van der Waals surface area contributed by atoms with Crippen LogP contribution in [0.2, 0.25) is 0 Å². The van der Waals surface area contributed by atoms with E-state index in [1.165, 1.54) is 23.9 Å². The molecule has 23 heavy (non-hydrogen) atoms. The van der Waals surface area contributed by atoms with Crippen molar-refractivity contribution >= 4 is 29.3 Å². The number of carboxylic acids is 1. The van der Waals surface area contributed by atoms with Crippen LogP contribution in [-0.4, -0.2) is 33.7 Å². The molecule has 0 aliphatic carbocycles. The second-order valence-electron chi connectivity index (χ2n) is 5.08. The molecule has 1 aromatic carbocycles. The van der Waals surface area contributed by atoms with Crippen LogP contribution < -0.4 is 5.32 Å². The lowest BCUT2D eigenvalue weighted by molar-refractivity contribution is -0.384. The lowest BCUT2D eigenvalue weighted by atomic mass is 10.0. The first-order chi connectivity index (χ1) is 10.8. The number of carbonyl (C=O) groups excluding carboxylic acids is 1. The lowest BCUT2D eigenvalue weighted by Crippen LogP contribution is -2.37. The van der Waals surface area contributed by atoms with E-state index in [1.807, 2.05) is 6.92 Å². The monoisotopic (exact) mass is 340 g/mol. The van der Waals surface area contributed by atoms with E-state index in [4.69, 9.17) is 5.11 Å². The minimum Gasteiger partial charge on any atom is -0.481 e. The van der Waals surface area contributed by atoms with Gasteiger partial charge in [0.2, 0.25) is 5.91 Å². The van der Waals surface area contributed by atoms with Crippen molar-refractivity contribution in [1.29, 1.82) is 0 Å². The largest absolute Gasteiger partial charge is 0.481 e. The van der Waals surface area contributed by atoms with Crippen molar-refractivity contribution in [2.24, 2.45) is 5.92 Å². The smallest absolute Gasteiger partial charge is 0.308 e. The maximum absolute atomic E-state index is 12.0. The molecule has 0 heterocycles. The van der Waals surface area contributed by atoms with Crippen molar-refractivity contribution in [2.75, 3.05) is 6.54 Å². The molecule has 0 aromatic heterocycles. The molecule has 2 atom stereocenters. The van der Waals surface area contributed by atoms with Crippen molar-refractivity contribution in [3.8, 4) is 0 Å². The molecule has 0 bridgehead atoms. The molecule has 1 amide bonds. The van der Waals surface area contributed by atoms with E-state index in [1.54, 1.807) is 19.1 Å². The zero-order valence-corrected chi connectivity index (χ0v) is 13.8. The van der Waals surface area contributed by atoms with E-state index in [9.17, 15) is 19.7 Å². The molecule has 0 saturated carbocycles. The number of rotatable bonds is 9. The number of aliphatic carboxylic acids is 1. The average Bonchev–Trinajstić information content (AvgIpc) is 2.51. The van der Waals surface area contributed by atoms with Gasteiger partial charge in [-0.1, -0.05) is 13.3 Å². The first-order valence-electron chi connectivity index (χ1n) is 7.26. The first-order valence-corrected chi connectivity index (χ1v) is 8.14. The van der Waals surface area contributed by atoms with Gasteiger partial charge in [0.05, 0.1) is 16.1 Å². The number of hydrogen-bond acceptors (Lipinski definition) is 5. The van der Waals surface area contributed by atoms with Gasteiger partial charge in [0.25, 0.3) is 5.69 Å². The Morgan fingerprint density at radius 2 is 1.96 bits per heavy atom. The second kappa shape index (κ2) is 9.14. The lowest BCUT2D eigenvalue weighted by Gasteiger charge is -2.15. The Hall–Kier alpha value is -2.09. The summed E-state index contributed by atoms with van der Waals surface area (Å²) in [5.41, 5.74) is -0.00433. The molecule has 0 spiro atoms. The summed E-state index contributed by atoms with van der Waals surface area (Å²) < 4.78 is 0. The van der Waals surface area contributed by atoms with Crippen LogP contribution in [0, 0.1) is 16.0 Å². The summed E-state index contributed by atoms with van der Waals surface area (Å²) >= 11 is 1.26. The Labute approximate surface area is 138 Å². The number of carbonyl (C=O) groups is 2. The number of nitrogens with zero attached hydrogens (tertiary/aromatic N) is 1. The number of benzene rings is 1. The standard InChI is InChI=1S/C15H20N2O5S/c1-3-4-11(15(19)20)9-16-14(18)10(2)23-13-7-5-12(6-8-13)17(21)22/h5-8,10-11H,3-4,9H2,1-2H3,(H,16,18)(H,19,20). The number of amides is 1. The Kier molecular flexibility index (Phi) is 7.53. The van der Waals surface area contributed by atoms with E-state index in [2.05, 4.69) is 5.32 Å². The van der Waals surface area contributed by atoms with Gasteiger partial charge in [-0.2, -0.15) is 0 Å². The highest BCUT2D eigenvalue weighted by molar-refractivity contribution is 8.00. The Morgan fingerprint density at radius 1 is 1.35 bits per heavy atom. The Morgan fingerprint density at radius 3 is 2.43 bits per heavy atom. The topological polar surface area (TPSA) is 110 Å². The van der Waals surface area contributed by atoms with Crippen LogP contribution in [-0.2, 0) is 9.59 Å². The second-order valence-corrected chi connectivity index (χ2v) is 6.49. The molecular formula is C15H20N2O5S. The molecule has 2 N–H and O–H groups in total. The van der Waals surface area contributed by atoms with Gasteiger partial charge in [-0.05, 0) is 25.5 Å². The van der Waals surface area contributed by atoms with Crippen molar-refractivity contribution in [3.05, 3.63) is 34.4 Å². The average molecular weight is 340 g/mol. The number of nitro benzene ring substituents is 1. The van der Waals surface area contributed by atoms with Crippen molar-refractivity contribution in [2.45, 2.75) is 36.8 Å². The normalized spacial score (nSPS) is 13.1. The number of thioether (sulfide) groups is 1. The summed E-state index contributed by atoms with van der Waals surface area (Å²) in [5, 5.41) is 21.9. The van der Waals surface area contributed by atoms with Crippen LogP contribution in [0.4, 0.5) is 5.69 Å². The van der Waals surface area contributed by atoms with Crippen LogP contribution in [0.3, 0.4) is 0 Å². The summed E-state index contributed by atoms with van der Waals surface area (Å²) in [6, 6.07) is 5.94. The molecule has 1 rings (SSSR count). The first kappa shape index (κ1) is 19.0. The number of nitro groups is 1. The number of non-ortho nitro benzene ring substituents is 1. The van der Waals surface area contributed by atoms with Crippen LogP contribution in [0.25, 0.3) is 0 Å². The van der Waals surface area contributed by atoms with Gasteiger partial charge >= 0.3 is 5.97 Å². The van der Waals surface area contributed by atoms with Gasteiger partial charge in [-0.3, -0.25) is 19.7 Å². The molecule has 126 valence electrons. The Balaban J connectivity index is 2.53. The fourth-order valence-electron chi connectivity index (χ4n) is 1.93. The minimum absolute atomic E-state index is 0.00433. The van der Waals surface area contributed by atoms with Gasteiger partial charge in [0, 0.05) is 23.6 Å².